The molecule has 0 unspecified atom stereocenters. The van der Waals surface area contributed by atoms with Crippen molar-refractivity contribution in [1.29, 1.82) is 0 Å². The van der Waals surface area contributed by atoms with Crippen molar-refractivity contribution in [1.82, 2.24) is 0 Å². The lowest BCUT2D eigenvalue weighted by Gasteiger charge is -2.05. The van der Waals surface area contributed by atoms with E-state index in [0.717, 1.165) is 25.0 Å². The Hall–Kier alpha value is -1.39. The molecule has 1 N–H and O–H groups in total. The first-order chi connectivity index (χ1) is 9.02. The summed E-state index contributed by atoms with van der Waals surface area (Å²) in [5, 5.41) is 8.93. The van der Waals surface area contributed by atoms with Crippen LogP contribution in [0.3, 0.4) is 0 Å². The van der Waals surface area contributed by atoms with Crippen molar-refractivity contribution in [3.63, 3.8) is 0 Å². The summed E-state index contributed by atoms with van der Waals surface area (Å²) in [4.78, 5) is 16.2. The summed E-state index contributed by atoms with van der Waals surface area (Å²) in [7, 11) is 0. The van der Waals surface area contributed by atoms with Gasteiger partial charge in [0.2, 0.25) is 0 Å². The van der Waals surface area contributed by atoms with E-state index in [1.165, 1.54) is 6.21 Å². The second kappa shape index (κ2) is 5.72. The molecule has 6 heteroatoms. The Morgan fingerprint density at radius 2 is 2.05 bits per heavy atom. The van der Waals surface area contributed by atoms with Crippen molar-refractivity contribution >= 4 is 35.2 Å². The molecule has 0 bridgehead atoms. The van der Waals surface area contributed by atoms with Gasteiger partial charge in [0, 0.05) is 11.8 Å². The zero-order valence-corrected chi connectivity index (χ0v) is 11.2. The number of hydrogen-bond donors (Lipinski definition) is 1. The third kappa shape index (κ3) is 3.33. The Morgan fingerprint density at radius 3 is 2.63 bits per heavy atom. The van der Waals surface area contributed by atoms with E-state index < -0.39 is 11.6 Å². The molecule has 0 spiro atoms. The molecule has 19 heavy (non-hydrogen) atoms. The molecule has 3 nitrogen and oxygen atoms in total. The van der Waals surface area contributed by atoms with Gasteiger partial charge in [0.1, 0.15) is 5.82 Å². The Morgan fingerprint density at radius 1 is 1.37 bits per heavy atom. The van der Waals surface area contributed by atoms with E-state index in [0.29, 0.717) is 6.26 Å². The van der Waals surface area contributed by atoms with Crippen molar-refractivity contribution in [2.45, 2.75) is 18.9 Å². The van der Waals surface area contributed by atoms with Gasteiger partial charge in [-0.3, -0.25) is 9.79 Å². The molecule has 1 fully saturated rings. The summed E-state index contributed by atoms with van der Waals surface area (Å²) < 4.78 is 13.4. The zero-order valence-electron chi connectivity index (χ0n) is 9.74. The second-order valence-corrected chi connectivity index (χ2v) is 4.98. The number of carbonyl (C=O) groups is 1. The first-order valence-electron chi connectivity index (χ1n) is 5.59. The summed E-state index contributed by atoms with van der Waals surface area (Å²) in [5.41, 5.74) is -0.110. The van der Waals surface area contributed by atoms with Gasteiger partial charge in [0.05, 0.1) is 27.9 Å². The van der Waals surface area contributed by atoms with Crippen molar-refractivity contribution < 1.29 is 14.3 Å². The van der Waals surface area contributed by atoms with E-state index in [1.54, 1.807) is 0 Å². The molecule has 100 valence electrons. The van der Waals surface area contributed by atoms with Crippen LogP contribution in [-0.4, -0.2) is 23.1 Å². The predicted molar refractivity (Wildman–Crippen MR) is 73.0 cm³/mol. The van der Waals surface area contributed by atoms with Gasteiger partial charge in [-0.1, -0.05) is 23.2 Å². The normalized spacial score (nSPS) is 16.1. The third-order valence-electron chi connectivity index (χ3n) is 2.63. The van der Waals surface area contributed by atoms with Crippen molar-refractivity contribution in [2.75, 3.05) is 0 Å². The highest BCUT2D eigenvalue weighted by Crippen LogP contribution is 2.27. The molecule has 1 aromatic carbocycles. The van der Waals surface area contributed by atoms with E-state index in [2.05, 4.69) is 4.99 Å². The van der Waals surface area contributed by atoms with Crippen LogP contribution in [0.2, 0.25) is 10.0 Å². The van der Waals surface area contributed by atoms with Crippen LogP contribution in [0.1, 0.15) is 23.2 Å². The molecule has 0 heterocycles. The van der Waals surface area contributed by atoms with Gasteiger partial charge >= 0.3 is 0 Å². The molecule has 2 rings (SSSR count). The molecule has 1 saturated carbocycles. The topological polar surface area (TPSA) is 49.7 Å². The third-order valence-corrected chi connectivity index (χ3v) is 3.23. The lowest BCUT2D eigenvalue weighted by Crippen LogP contribution is -2.07. The molecular weight excluding hydrogens is 292 g/mol. The van der Waals surface area contributed by atoms with E-state index in [-0.39, 0.29) is 27.2 Å². The number of nitrogens with zero attached hydrogens (tertiary/aromatic N) is 1. The molecule has 0 saturated heterocycles. The first-order valence-corrected chi connectivity index (χ1v) is 6.35. The summed E-state index contributed by atoms with van der Waals surface area (Å²) in [5.74, 6) is -1.35. The van der Waals surface area contributed by atoms with Crippen molar-refractivity contribution in [3.05, 3.63) is 45.4 Å². The Kier molecular flexibility index (Phi) is 4.22. The molecule has 0 radical (unpaired) electrons. The monoisotopic (exact) mass is 301 g/mol. The summed E-state index contributed by atoms with van der Waals surface area (Å²) in [6.07, 6.45) is 3.86. The number of halogens is 3. The van der Waals surface area contributed by atoms with Crippen LogP contribution in [-0.2, 0) is 0 Å². The molecule has 1 aliphatic rings. The standard InChI is InChI=1S/C13H10Cl2FNO2/c14-10-4-11(15)12(16)3-9(10)13(19)7(6-18)5-17-8-1-2-8/h3-6,8,18H,1-2H2. The molecule has 0 atom stereocenters. The minimum absolute atomic E-state index is 0.0237. The number of rotatable bonds is 4. The Bertz CT molecular complexity index is 580. The van der Waals surface area contributed by atoms with Gasteiger partial charge in [-0.2, -0.15) is 0 Å². The predicted octanol–water partition coefficient (Wildman–Crippen LogP) is 3.99. The fourth-order valence-electron chi connectivity index (χ4n) is 1.41. The van der Waals surface area contributed by atoms with Gasteiger partial charge in [-0.25, -0.2) is 4.39 Å². The minimum Gasteiger partial charge on any atom is -0.515 e. The molecule has 0 aromatic heterocycles. The lowest BCUT2D eigenvalue weighted by atomic mass is 10.0. The van der Waals surface area contributed by atoms with Gasteiger partial charge in [0.25, 0.3) is 0 Å². The summed E-state index contributed by atoms with van der Waals surface area (Å²) in [6.45, 7) is 0. The first kappa shape index (κ1) is 14.0. The summed E-state index contributed by atoms with van der Waals surface area (Å²) in [6, 6.07) is 2.31. The molecular formula is C13H10Cl2FNO2. The van der Waals surface area contributed by atoms with Crippen molar-refractivity contribution in [2.24, 2.45) is 4.99 Å². The number of ketones is 1. The maximum absolute atomic E-state index is 13.4. The van der Waals surface area contributed by atoms with Crippen LogP contribution in [0.15, 0.2) is 29.0 Å². The van der Waals surface area contributed by atoms with Gasteiger partial charge in [-0.05, 0) is 25.0 Å². The number of hydrogen-bond acceptors (Lipinski definition) is 3. The minimum atomic E-state index is -0.745. The number of allylic oxidation sites excluding steroid dienone is 1. The zero-order chi connectivity index (χ0) is 14.0. The Labute approximate surface area is 119 Å². The SMILES string of the molecule is O=C(C(C=NC1CC1)=CO)c1cc(F)c(Cl)cc1Cl. The van der Waals surface area contributed by atoms with Crippen LogP contribution in [0.5, 0.6) is 0 Å². The van der Waals surface area contributed by atoms with Crippen LogP contribution < -0.4 is 0 Å². The second-order valence-electron chi connectivity index (χ2n) is 4.17. The van der Waals surface area contributed by atoms with E-state index >= 15 is 0 Å². The fraction of sp³-hybridized carbons (Fsp3) is 0.231. The Balaban J connectivity index is 2.29. The lowest BCUT2D eigenvalue weighted by molar-refractivity contribution is 0.103. The number of Topliss-reactive ketones (excluding diaryl/α,β-unsaturated/α-hetero) is 1. The number of carbonyl (C=O) groups excluding carboxylic acids is 1. The highest BCUT2D eigenvalue weighted by molar-refractivity contribution is 6.38. The van der Waals surface area contributed by atoms with Gasteiger partial charge in [-0.15, -0.1) is 0 Å². The maximum atomic E-state index is 13.4. The average molecular weight is 302 g/mol. The van der Waals surface area contributed by atoms with E-state index in [1.807, 2.05) is 0 Å². The van der Waals surface area contributed by atoms with E-state index in [4.69, 9.17) is 28.3 Å². The van der Waals surface area contributed by atoms with Crippen LogP contribution in [0.25, 0.3) is 0 Å². The number of aliphatic imine (C=N–C) groups is 1. The van der Waals surface area contributed by atoms with Gasteiger partial charge in [0.15, 0.2) is 5.78 Å². The number of aliphatic hydroxyl groups excluding tert-OH is 1. The average Bonchev–Trinajstić information content (AvgIpc) is 3.18. The van der Waals surface area contributed by atoms with Gasteiger partial charge < -0.3 is 5.11 Å². The van der Waals surface area contributed by atoms with Crippen molar-refractivity contribution in [3.8, 4) is 0 Å². The highest BCUT2D eigenvalue weighted by atomic mass is 35.5. The van der Waals surface area contributed by atoms with Crippen LogP contribution in [0, 0.1) is 5.82 Å². The summed E-state index contributed by atoms with van der Waals surface area (Å²) >= 11 is 11.4. The van der Waals surface area contributed by atoms with E-state index in [9.17, 15) is 9.18 Å². The fourth-order valence-corrected chi connectivity index (χ4v) is 1.88. The molecule has 0 aliphatic heterocycles. The molecule has 1 aromatic rings. The maximum Gasteiger partial charge on any atom is 0.199 e. The van der Waals surface area contributed by atoms with Crippen LogP contribution >= 0.6 is 23.2 Å². The smallest absolute Gasteiger partial charge is 0.199 e. The molecule has 0 amide bonds. The molecule has 1 aliphatic carbocycles. The number of benzene rings is 1. The van der Waals surface area contributed by atoms with Crippen LogP contribution in [0.4, 0.5) is 4.39 Å². The quantitative estimate of drug-likeness (QED) is 0.300. The largest absolute Gasteiger partial charge is 0.515 e. The highest BCUT2D eigenvalue weighted by Gasteiger charge is 2.21. The number of aliphatic hydroxyl groups is 1.